The predicted molar refractivity (Wildman–Crippen MR) is 75.3 cm³/mol. The summed E-state index contributed by atoms with van der Waals surface area (Å²) in [6.45, 7) is 7.49. The van der Waals surface area contributed by atoms with E-state index in [0.29, 0.717) is 17.7 Å². The highest BCUT2D eigenvalue weighted by Crippen LogP contribution is 2.24. The quantitative estimate of drug-likeness (QED) is 0.889. The predicted octanol–water partition coefficient (Wildman–Crippen LogP) is 2.02. The number of amides is 1. The van der Waals surface area contributed by atoms with Crippen LogP contribution in [0.3, 0.4) is 0 Å². The van der Waals surface area contributed by atoms with E-state index in [9.17, 15) is 13.2 Å². The number of nitrogens with one attached hydrogen (secondary N) is 1. The summed E-state index contributed by atoms with van der Waals surface area (Å²) in [6.07, 6.45) is 0.353. The Morgan fingerprint density at radius 1 is 1.32 bits per heavy atom. The van der Waals surface area contributed by atoms with Gasteiger partial charge in [0.2, 0.25) is 15.9 Å². The normalized spacial score (nSPS) is 12.3. The molecule has 106 valence electrons. The highest BCUT2D eigenvalue weighted by Gasteiger charge is 2.18. The summed E-state index contributed by atoms with van der Waals surface area (Å²) in [7, 11) is -3.78. The molecular formula is C13H20N2O3S. The Labute approximate surface area is 114 Å². The molecule has 0 aliphatic rings. The summed E-state index contributed by atoms with van der Waals surface area (Å²) in [4.78, 5) is 11.9. The van der Waals surface area contributed by atoms with Crippen LogP contribution in [-0.2, 0) is 14.8 Å². The molecule has 1 rings (SSSR count). The number of benzene rings is 1. The molecule has 1 aromatic rings. The topological polar surface area (TPSA) is 89.3 Å². The lowest BCUT2D eigenvalue weighted by molar-refractivity contribution is -0.117. The van der Waals surface area contributed by atoms with Crippen LogP contribution < -0.4 is 10.5 Å². The Bertz CT molecular complexity index is 586. The molecule has 0 atom stereocenters. The number of nitrogens with two attached hydrogens (primary N) is 1. The number of sulfonamides is 1. The molecule has 6 heteroatoms. The molecule has 0 radical (unpaired) electrons. The average molecular weight is 284 g/mol. The van der Waals surface area contributed by atoms with E-state index in [4.69, 9.17) is 5.14 Å². The van der Waals surface area contributed by atoms with Crippen LogP contribution in [0.1, 0.15) is 32.8 Å². The number of hydrogen-bond donors (Lipinski definition) is 2. The maximum Gasteiger partial charge on any atom is 0.238 e. The lowest BCUT2D eigenvalue weighted by Crippen LogP contribution is -2.21. The second-order valence-corrected chi connectivity index (χ2v) is 7.29. The summed E-state index contributed by atoms with van der Waals surface area (Å²) in [5.74, 6) is -0.151. The van der Waals surface area contributed by atoms with Gasteiger partial charge < -0.3 is 5.32 Å². The minimum atomic E-state index is -3.78. The molecule has 0 spiro atoms. The molecule has 0 aliphatic heterocycles. The monoisotopic (exact) mass is 284 g/mol. The van der Waals surface area contributed by atoms with Gasteiger partial charge in [-0.2, -0.15) is 0 Å². The third kappa shape index (κ3) is 4.65. The zero-order valence-electron chi connectivity index (χ0n) is 11.6. The van der Waals surface area contributed by atoms with Crippen molar-refractivity contribution < 1.29 is 13.2 Å². The van der Waals surface area contributed by atoms with E-state index in [1.54, 1.807) is 19.1 Å². The molecular weight excluding hydrogens is 264 g/mol. The van der Waals surface area contributed by atoms with Crippen LogP contribution in [0.5, 0.6) is 0 Å². The molecule has 0 aliphatic carbocycles. The van der Waals surface area contributed by atoms with Crippen LogP contribution in [0, 0.1) is 12.3 Å². The Balaban J connectivity index is 3.01. The number of hydrogen-bond acceptors (Lipinski definition) is 3. The van der Waals surface area contributed by atoms with E-state index < -0.39 is 10.0 Å². The molecule has 0 bridgehead atoms. The van der Waals surface area contributed by atoms with Crippen molar-refractivity contribution >= 4 is 21.6 Å². The van der Waals surface area contributed by atoms with Gasteiger partial charge >= 0.3 is 0 Å². The van der Waals surface area contributed by atoms with Gasteiger partial charge in [0.15, 0.2) is 0 Å². The largest absolute Gasteiger partial charge is 0.326 e. The zero-order valence-corrected chi connectivity index (χ0v) is 12.5. The van der Waals surface area contributed by atoms with Crippen molar-refractivity contribution in [2.75, 3.05) is 5.32 Å². The number of rotatable bonds is 3. The highest BCUT2D eigenvalue weighted by atomic mass is 32.2. The van der Waals surface area contributed by atoms with Crippen molar-refractivity contribution in [3.63, 3.8) is 0 Å². The first-order valence-electron chi connectivity index (χ1n) is 5.93. The van der Waals surface area contributed by atoms with Gasteiger partial charge in [-0.3, -0.25) is 4.79 Å². The third-order valence-corrected chi connectivity index (χ3v) is 3.61. The number of carbonyl (C=O) groups excluding carboxylic acids is 1. The maximum absolute atomic E-state index is 11.8. The second-order valence-electron chi connectivity index (χ2n) is 5.76. The summed E-state index contributed by atoms with van der Waals surface area (Å²) < 4.78 is 22.8. The standard InChI is InChI=1S/C13H20N2O3S/c1-9-10(15-12(16)8-13(2,3)4)6-5-7-11(9)19(14,17)18/h5-7H,8H2,1-4H3,(H,15,16)(H2,14,17,18). The number of carbonyl (C=O) groups is 1. The summed E-state index contributed by atoms with van der Waals surface area (Å²) in [5, 5.41) is 7.84. The molecule has 0 unspecified atom stereocenters. The van der Waals surface area contributed by atoms with Crippen molar-refractivity contribution in [2.24, 2.45) is 10.6 Å². The van der Waals surface area contributed by atoms with Gasteiger partial charge in [0.05, 0.1) is 4.90 Å². The molecule has 19 heavy (non-hydrogen) atoms. The Morgan fingerprint density at radius 3 is 2.37 bits per heavy atom. The lowest BCUT2D eigenvalue weighted by Gasteiger charge is -2.18. The van der Waals surface area contributed by atoms with Crippen LogP contribution in [0.15, 0.2) is 23.1 Å². The molecule has 0 fully saturated rings. The molecule has 0 saturated heterocycles. The van der Waals surface area contributed by atoms with E-state index in [1.807, 2.05) is 20.8 Å². The van der Waals surface area contributed by atoms with Crippen molar-refractivity contribution in [2.45, 2.75) is 39.0 Å². The second kappa shape index (κ2) is 5.30. The minimum absolute atomic E-state index is 0.0288. The van der Waals surface area contributed by atoms with Crippen molar-refractivity contribution in [3.8, 4) is 0 Å². The van der Waals surface area contributed by atoms with E-state index in [0.717, 1.165) is 0 Å². The van der Waals surface area contributed by atoms with Crippen molar-refractivity contribution in [3.05, 3.63) is 23.8 Å². The fraction of sp³-hybridized carbons (Fsp3) is 0.462. The molecule has 3 N–H and O–H groups in total. The van der Waals surface area contributed by atoms with E-state index >= 15 is 0 Å². The fourth-order valence-electron chi connectivity index (χ4n) is 1.73. The van der Waals surface area contributed by atoms with E-state index in [2.05, 4.69) is 5.32 Å². The zero-order chi connectivity index (χ0) is 14.8. The third-order valence-electron chi connectivity index (χ3n) is 2.56. The van der Waals surface area contributed by atoms with Gasteiger partial charge in [0, 0.05) is 12.1 Å². The highest BCUT2D eigenvalue weighted by molar-refractivity contribution is 7.89. The Morgan fingerprint density at radius 2 is 1.89 bits per heavy atom. The first-order chi connectivity index (χ1) is 8.50. The number of primary sulfonamides is 1. The van der Waals surface area contributed by atoms with Gasteiger partial charge in [-0.15, -0.1) is 0 Å². The van der Waals surface area contributed by atoms with E-state index in [-0.39, 0.29) is 16.2 Å². The fourth-order valence-corrected chi connectivity index (χ4v) is 2.54. The molecule has 0 saturated carbocycles. The first-order valence-corrected chi connectivity index (χ1v) is 7.47. The van der Waals surface area contributed by atoms with Gasteiger partial charge in [-0.25, -0.2) is 13.6 Å². The van der Waals surface area contributed by atoms with Gasteiger partial charge in [0.25, 0.3) is 0 Å². The molecule has 1 amide bonds. The number of anilines is 1. The minimum Gasteiger partial charge on any atom is -0.326 e. The van der Waals surface area contributed by atoms with Crippen LogP contribution in [0.2, 0.25) is 0 Å². The van der Waals surface area contributed by atoms with Crippen LogP contribution in [0.25, 0.3) is 0 Å². The van der Waals surface area contributed by atoms with Crippen molar-refractivity contribution in [1.82, 2.24) is 0 Å². The van der Waals surface area contributed by atoms with E-state index in [1.165, 1.54) is 6.07 Å². The van der Waals surface area contributed by atoms with Crippen LogP contribution >= 0.6 is 0 Å². The van der Waals surface area contributed by atoms with Gasteiger partial charge in [0.1, 0.15) is 0 Å². The van der Waals surface area contributed by atoms with Crippen LogP contribution in [0.4, 0.5) is 5.69 Å². The summed E-state index contributed by atoms with van der Waals surface area (Å²) >= 11 is 0. The van der Waals surface area contributed by atoms with Gasteiger partial charge in [-0.1, -0.05) is 26.8 Å². The Kier molecular flexibility index (Phi) is 4.37. The summed E-state index contributed by atoms with van der Waals surface area (Å²) in [6, 6.07) is 4.63. The molecule has 5 nitrogen and oxygen atoms in total. The summed E-state index contributed by atoms with van der Waals surface area (Å²) in [5.41, 5.74) is 0.795. The lowest BCUT2D eigenvalue weighted by atomic mass is 9.92. The SMILES string of the molecule is Cc1c(NC(=O)CC(C)(C)C)cccc1S(N)(=O)=O. The maximum atomic E-state index is 11.8. The van der Waals surface area contributed by atoms with Crippen molar-refractivity contribution in [1.29, 1.82) is 0 Å². The van der Waals surface area contributed by atoms with Gasteiger partial charge in [-0.05, 0) is 30.0 Å². The molecule has 0 aromatic heterocycles. The molecule has 1 aromatic carbocycles. The smallest absolute Gasteiger partial charge is 0.238 e. The average Bonchev–Trinajstić information content (AvgIpc) is 2.16. The molecule has 0 heterocycles. The Hall–Kier alpha value is -1.40. The first kappa shape index (κ1) is 15.7. The van der Waals surface area contributed by atoms with Crippen LogP contribution in [-0.4, -0.2) is 14.3 Å².